The van der Waals surface area contributed by atoms with E-state index in [-0.39, 0.29) is 6.42 Å². The SMILES string of the molecule is CCCC(=O)O[C@H]1[C@@H](O)[C@H](O)[C@@H](O)[C@H](O)[C@H]1OC. The number of hydrogen-bond donors (Lipinski definition) is 4. The van der Waals surface area contributed by atoms with Crippen LogP contribution in [0.4, 0.5) is 0 Å². The van der Waals surface area contributed by atoms with Gasteiger partial charge in [-0.05, 0) is 6.42 Å². The fourth-order valence-corrected chi connectivity index (χ4v) is 2.01. The molecule has 0 spiro atoms. The van der Waals surface area contributed by atoms with Crippen LogP contribution in [-0.2, 0) is 14.3 Å². The summed E-state index contributed by atoms with van der Waals surface area (Å²) in [5.41, 5.74) is 0. The highest BCUT2D eigenvalue weighted by molar-refractivity contribution is 5.69. The van der Waals surface area contributed by atoms with Crippen molar-refractivity contribution in [1.82, 2.24) is 0 Å². The van der Waals surface area contributed by atoms with Gasteiger partial charge in [0, 0.05) is 13.5 Å². The van der Waals surface area contributed by atoms with E-state index in [9.17, 15) is 25.2 Å². The Bertz CT molecular complexity index is 283. The molecule has 0 radical (unpaired) electrons. The van der Waals surface area contributed by atoms with E-state index in [0.717, 1.165) is 0 Å². The van der Waals surface area contributed by atoms with Crippen molar-refractivity contribution in [2.75, 3.05) is 7.11 Å². The number of carbonyl (C=O) groups excluding carboxylic acids is 1. The zero-order chi connectivity index (χ0) is 13.9. The van der Waals surface area contributed by atoms with Crippen molar-refractivity contribution in [1.29, 1.82) is 0 Å². The van der Waals surface area contributed by atoms with E-state index in [1.54, 1.807) is 6.92 Å². The number of ether oxygens (including phenoxy) is 2. The zero-order valence-corrected chi connectivity index (χ0v) is 10.4. The molecule has 0 aliphatic heterocycles. The number of aliphatic hydroxyl groups is 4. The quantitative estimate of drug-likeness (QED) is 0.441. The first-order valence-corrected chi connectivity index (χ1v) is 5.88. The Morgan fingerprint density at radius 1 is 1.00 bits per heavy atom. The van der Waals surface area contributed by atoms with Gasteiger partial charge in [0.1, 0.15) is 30.5 Å². The molecule has 0 aromatic heterocycles. The molecular weight excluding hydrogens is 244 g/mol. The van der Waals surface area contributed by atoms with Crippen LogP contribution < -0.4 is 0 Å². The summed E-state index contributed by atoms with van der Waals surface area (Å²) >= 11 is 0. The van der Waals surface area contributed by atoms with Crippen molar-refractivity contribution in [3.8, 4) is 0 Å². The number of hydrogen-bond acceptors (Lipinski definition) is 7. The third-order valence-corrected chi connectivity index (χ3v) is 3.04. The lowest BCUT2D eigenvalue weighted by Gasteiger charge is -2.42. The average Bonchev–Trinajstić information content (AvgIpc) is 2.34. The first kappa shape index (κ1) is 15.3. The van der Waals surface area contributed by atoms with Gasteiger partial charge in [0.25, 0.3) is 0 Å². The minimum atomic E-state index is -1.59. The van der Waals surface area contributed by atoms with E-state index in [1.165, 1.54) is 7.11 Å². The summed E-state index contributed by atoms with van der Waals surface area (Å²) in [4.78, 5) is 11.4. The molecule has 0 unspecified atom stereocenters. The van der Waals surface area contributed by atoms with Gasteiger partial charge in [-0.25, -0.2) is 0 Å². The van der Waals surface area contributed by atoms with Crippen LogP contribution in [0.2, 0.25) is 0 Å². The van der Waals surface area contributed by atoms with Gasteiger partial charge in [-0.1, -0.05) is 6.92 Å². The highest BCUT2D eigenvalue weighted by Gasteiger charge is 2.51. The maximum Gasteiger partial charge on any atom is 0.306 e. The number of carbonyl (C=O) groups is 1. The van der Waals surface area contributed by atoms with Gasteiger partial charge in [0.15, 0.2) is 6.10 Å². The summed E-state index contributed by atoms with van der Waals surface area (Å²) in [6.45, 7) is 1.79. The van der Waals surface area contributed by atoms with Crippen LogP contribution in [0.1, 0.15) is 19.8 Å². The van der Waals surface area contributed by atoms with E-state index in [0.29, 0.717) is 6.42 Å². The topological polar surface area (TPSA) is 116 Å². The van der Waals surface area contributed by atoms with Crippen molar-refractivity contribution >= 4 is 5.97 Å². The first-order valence-electron chi connectivity index (χ1n) is 5.88. The molecule has 0 aromatic rings. The van der Waals surface area contributed by atoms with Crippen molar-refractivity contribution in [2.24, 2.45) is 0 Å². The second kappa shape index (κ2) is 6.44. The Kier molecular flexibility index (Phi) is 5.48. The first-order chi connectivity index (χ1) is 8.43. The molecule has 0 heterocycles. The lowest BCUT2D eigenvalue weighted by Crippen LogP contribution is -2.65. The van der Waals surface area contributed by atoms with Crippen molar-refractivity contribution < 1.29 is 34.7 Å². The molecule has 106 valence electrons. The lowest BCUT2D eigenvalue weighted by atomic mass is 9.84. The molecule has 1 aliphatic rings. The molecule has 4 N–H and O–H groups in total. The maximum atomic E-state index is 11.4. The van der Waals surface area contributed by atoms with Gasteiger partial charge in [-0.2, -0.15) is 0 Å². The molecule has 18 heavy (non-hydrogen) atoms. The highest BCUT2D eigenvalue weighted by atomic mass is 16.6. The average molecular weight is 264 g/mol. The Labute approximate surface area is 105 Å². The smallest absolute Gasteiger partial charge is 0.306 e. The summed E-state index contributed by atoms with van der Waals surface area (Å²) in [6, 6.07) is 0. The zero-order valence-electron chi connectivity index (χ0n) is 10.4. The summed E-state index contributed by atoms with van der Waals surface area (Å²) in [5.74, 6) is -0.556. The number of esters is 1. The largest absolute Gasteiger partial charge is 0.457 e. The fourth-order valence-electron chi connectivity index (χ4n) is 2.01. The Hall–Kier alpha value is -0.730. The van der Waals surface area contributed by atoms with Crippen LogP contribution in [0.3, 0.4) is 0 Å². The maximum absolute atomic E-state index is 11.4. The monoisotopic (exact) mass is 264 g/mol. The second-order valence-corrected chi connectivity index (χ2v) is 4.37. The predicted molar refractivity (Wildman–Crippen MR) is 59.6 cm³/mol. The van der Waals surface area contributed by atoms with Crippen molar-refractivity contribution in [3.05, 3.63) is 0 Å². The third-order valence-electron chi connectivity index (χ3n) is 3.04. The van der Waals surface area contributed by atoms with Gasteiger partial charge in [0.05, 0.1) is 0 Å². The number of methoxy groups -OCH3 is 1. The molecule has 1 aliphatic carbocycles. The lowest BCUT2D eigenvalue weighted by molar-refractivity contribution is -0.239. The molecule has 1 saturated carbocycles. The molecule has 0 saturated heterocycles. The second-order valence-electron chi connectivity index (χ2n) is 4.37. The number of rotatable bonds is 4. The molecule has 1 fully saturated rings. The minimum Gasteiger partial charge on any atom is -0.457 e. The van der Waals surface area contributed by atoms with E-state index in [4.69, 9.17) is 9.47 Å². The third kappa shape index (κ3) is 2.99. The molecule has 7 nitrogen and oxygen atoms in total. The van der Waals surface area contributed by atoms with Gasteiger partial charge >= 0.3 is 5.97 Å². The summed E-state index contributed by atoms with van der Waals surface area (Å²) in [7, 11) is 1.26. The van der Waals surface area contributed by atoms with E-state index < -0.39 is 42.6 Å². The van der Waals surface area contributed by atoms with Crippen molar-refractivity contribution in [3.63, 3.8) is 0 Å². The molecule has 0 aromatic carbocycles. The van der Waals surface area contributed by atoms with Crippen LogP contribution >= 0.6 is 0 Å². The van der Waals surface area contributed by atoms with Gasteiger partial charge in [0.2, 0.25) is 0 Å². The van der Waals surface area contributed by atoms with Crippen LogP contribution in [0, 0.1) is 0 Å². The van der Waals surface area contributed by atoms with Crippen LogP contribution in [0.5, 0.6) is 0 Å². The van der Waals surface area contributed by atoms with Crippen LogP contribution in [0.15, 0.2) is 0 Å². The summed E-state index contributed by atoms with van der Waals surface area (Å²) in [6.07, 6.45) is -7.64. The fraction of sp³-hybridized carbons (Fsp3) is 0.909. The van der Waals surface area contributed by atoms with Crippen LogP contribution in [-0.4, -0.2) is 70.1 Å². The highest BCUT2D eigenvalue weighted by Crippen LogP contribution is 2.26. The van der Waals surface area contributed by atoms with E-state index >= 15 is 0 Å². The number of aliphatic hydroxyl groups excluding tert-OH is 4. The molecular formula is C11H20O7. The summed E-state index contributed by atoms with van der Waals surface area (Å²) in [5, 5.41) is 38.5. The predicted octanol–water partition coefficient (Wildman–Crippen LogP) is -1.83. The molecule has 0 bridgehead atoms. The Balaban J connectivity index is 2.81. The van der Waals surface area contributed by atoms with Gasteiger partial charge < -0.3 is 29.9 Å². The molecule has 0 amide bonds. The Morgan fingerprint density at radius 2 is 1.50 bits per heavy atom. The molecule has 7 heteroatoms. The van der Waals surface area contributed by atoms with Gasteiger partial charge in [-0.15, -0.1) is 0 Å². The minimum absolute atomic E-state index is 0.161. The Morgan fingerprint density at radius 3 is 1.94 bits per heavy atom. The molecule has 6 atom stereocenters. The normalized spacial score (nSPS) is 40.6. The standard InChI is InChI=1S/C11H20O7/c1-3-4-5(12)18-11-9(16)7(14)6(13)8(15)10(11)17-2/h6-11,13-16H,3-4H2,1-2H3/t6-,7-,8+,9+,10-,11+/m1/s1. The van der Waals surface area contributed by atoms with Crippen LogP contribution in [0.25, 0.3) is 0 Å². The molecule has 1 rings (SSSR count). The van der Waals surface area contributed by atoms with Gasteiger partial charge in [-0.3, -0.25) is 4.79 Å². The van der Waals surface area contributed by atoms with E-state index in [2.05, 4.69) is 0 Å². The van der Waals surface area contributed by atoms with E-state index in [1.807, 2.05) is 0 Å². The van der Waals surface area contributed by atoms with Crippen molar-refractivity contribution in [2.45, 2.75) is 56.4 Å². The summed E-state index contributed by atoms with van der Waals surface area (Å²) < 4.78 is 9.92.